The van der Waals surface area contributed by atoms with Crippen molar-refractivity contribution in [1.82, 2.24) is 5.32 Å². The molecule has 7 nitrogen and oxygen atoms in total. The van der Waals surface area contributed by atoms with E-state index in [1.54, 1.807) is 0 Å². The Kier molecular flexibility index (Phi) is 5.05. The predicted molar refractivity (Wildman–Crippen MR) is 79.7 cm³/mol. The van der Waals surface area contributed by atoms with Gasteiger partial charge < -0.3 is 26.2 Å². The number of primary amides is 1. The van der Waals surface area contributed by atoms with Crippen molar-refractivity contribution in [2.24, 2.45) is 5.73 Å². The highest BCUT2D eigenvalue weighted by Gasteiger charge is 2.20. The minimum Gasteiger partial charge on any atom is -0.371 e. The van der Waals surface area contributed by atoms with E-state index in [-0.39, 0.29) is 6.61 Å². The highest BCUT2D eigenvalue weighted by Crippen LogP contribution is 2.32. The third-order valence-corrected chi connectivity index (χ3v) is 3.47. The molecule has 2 rings (SSSR count). The highest BCUT2D eigenvalue weighted by molar-refractivity contribution is 7.80. The highest BCUT2D eigenvalue weighted by atomic mass is 32.1. The number of nitrogens with one attached hydrogen (secondary N) is 2. The summed E-state index contributed by atoms with van der Waals surface area (Å²) in [4.78, 5) is 21.6. The molecule has 0 aliphatic carbocycles. The molecule has 1 aliphatic rings. The molecule has 0 saturated carbocycles. The third-order valence-electron chi connectivity index (χ3n) is 3.04. The first-order valence-corrected chi connectivity index (χ1v) is 6.93. The molecule has 1 unspecified atom stereocenters. The van der Waals surface area contributed by atoms with Crippen LogP contribution >= 0.6 is 12.6 Å². The number of carbonyl (C=O) groups is 2. The lowest BCUT2D eigenvalue weighted by molar-refractivity contribution is -0.137. The van der Waals surface area contributed by atoms with Crippen molar-refractivity contribution < 1.29 is 19.4 Å². The Balaban J connectivity index is 2.03. The molecule has 2 amide bonds. The molecular weight excluding hydrogens is 294 g/mol. The van der Waals surface area contributed by atoms with Crippen molar-refractivity contribution >= 4 is 30.1 Å². The van der Waals surface area contributed by atoms with E-state index in [2.05, 4.69) is 23.3 Å². The minimum absolute atomic E-state index is 0.146. The fourth-order valence-corrected chi connectivity index (χ4v) is 2.30. The maximum absolute atomic E-state index is 11.0. The monoisotopic (exact) mass is 311 g/mol. The van der Waals surface area contributed by atoms with E-state index >= 15 is 0 Å². The number of aliphatic hydroxyl groups is 1. The Bertz CT molecular complexity index is 552. The summed E-state index contributed by atoms with van der Waals surface area (Å²) < 4.78 is 5.39. The number of carbonyl (C=O) groups excluding carboxylic acids is 2. The van der Waals surface area contributed by atoms with Gasteiger partial charge in [0, 0.05) is 17.8 Å². The zero-order valence-corrected chi connectivity index (χ0v) is 12.1. The molecule has 2 atom stereocenters. The molecule has 0 saturated heterocycles. The molecule has 21 heavy (non-hydrogen) atoms. The van der Waals surface area contributed by atoms with Crippen LogP contribution in [0.1, 0.15) is 16.6 Å². The molecule has 0 spiro atoms. The van der Waals surface area contributed by atoms with E-state index in [9.17, 15) is 14.7 Å². The van der Waals surface area contributed by atoms with Gasteiger partial charge in [0.15, 0.2) is 0 Å². The zero-order valence-electron chi connectivity index (χ0n) is 11.2. The number of nitrogens with two attached hydrogens (primary N) is 1. The van der Waals surface area contributed by atoms with E-state index in [0.29, 0.717) is 13.0 Å². The first-order chi connectivity index (χ1) is 9.97. The van der Waals surface area contributed by atoms with Crippen molar-refractivity contribution in [3.63, 3.8) is 0 Å². The van der Waals surface area contributed by atoms with Crippen LogP contribution in [0.25, 0.3) is 0 Å². The van der Waals surface area contributed by atoms with Gasteiger partial charge in [0.05, 0.1) is 6.61 Å². The van der Waals surface area contributed by atoms with E-state index in [0.717, 1.165) is 16.8 Å². The third kappa shape index (κ3) is 4.10. The number of hydrogen-bond donors (Lipinski definition) is 5. The van der Waals surface area contributed by atoms with Gasteiger partial charge in [0.2, 0.25) is 0 Å². The average Bonchev–Trinajstić information content (AvgIpc) is 2.58. The van der Waals surface area contributed by atoms with Gasteiger partial charge in [-0.3, -0.25) is 9.59 Å². The van der Waals surface area contributed by atoms with Crippen LogP contribution in [0.5, 0.6) is 0 Å². The second-order valence-electron chi connectivity index (χ2n) is 4.64. The summed E-state index contributed by atoms with van der Waals surface area (Å²) in [5.41, 5.74) is 6.92. The smallest absolute Gasteiger partial charge is 0.309 e. The fraction of sp³-hybridized carbons (Fsp3) is 0.385. The summed E-state index contributed by atoms with van der Waals surface area (Å²) in [6.07, 6.45) is -0.239. The Morgan fingerprint density at radius 1 is 1.52 bits per heavy atom. The summed E-state index contributed by atoms with van der Waals surface area (Å²) in [5.74, 6) is -1.80. The first-order valence-electron chi connectivity index (χ1n) is 6.42. The molecule has 1 heterocycles. The van der Waals surface area contributed by atoms with Crippen LogP contribution in [0.2, 0.25) is 0 Å². The topological polar surface area (TPSA) is 114 Å². The van der Waals surface area contributed by atoms with Gasteiger partial charge in [-0.2, -0.15) is 0 Å². The SMILES string of the molecule is NC(=O)C(=O)NCCc1ccc2c(c1)C(S)OC[C@@H](O)N2. The predicted octanol–water partition coefficient (Wildman–Crippen LogP) is -0.480. The Morgan fingerprint density at radius 3 is 3.00 bits per heavy atom. The Labute approximate surface area is 127 Å². The van der Waals surface area contributed by atoms with Crippen LogP contribution in [-0.2, 0) is 20.7 Å². The summed E-state index contributed by atoms with van der Waals surface area (Å²) in [6, 6.07) is 5.57. The quantitative estimate of drug-likeness (QED) is 0.382. The fourth-order valence-electron chi connectivity index (χ4n) is 2.00. The van der Waals surface area contributed by atoms with Crippen molar-refractivity contribution in [1.29, 1.82) is 0 Å². The number of benzene rings is 1. The minimum atomic E-state index is -1.00. The maximum Gasteiger partial charge on any atom is 0.309 e. The van der Waals surface area contributed by atoms with Crippen LogP contribution in [0, 0.1) is 0 Å². The number of ether oxygens (including phenoxy) is 1. The van der Waals surface area contributed by atoms with Crippen molar-refractivity contribution in [2.45, 2.75) is 18.1 Å². The Hall–Kier alpha value is -1.77. The van der Waals surface area contributed by atoms with E-state index in [1.807, 2.05) is 18.2 Å². The summed E-state index contributed by atoms with van der Waals surface area (Å²) in [5, 5.41) is 15.0. The summed E-state index contributed by atoms with van der Waals surface area (Å²) in [6.45, 7) is 0.446. The lowest BCUT2D eigenvalue weighted by Gasteiger charge is -2.14. The molecule has 114 valence electrons. The summed E-state index contributed by atoms with van der Waals surface area (Å²) in [7, 11) is 0. The van der Waals surface area contributed by atoms with E-state index in [1.165, 1.54) is 0 Å². The molecule has 1 aliphatic heterocycles. The van der Waals surface area contributed by atoms with Gasteiger partial charge >= 0.3 is 11.8 Å². The van der Waals surface area contributed by atoms with E-state index < -0.39 is 23.5 Å². The van der Waals surface area contributed by atoms with Crippen LogP contribution < -0.4 is 16.4 Å². The molecule has 1 aromatic rings. The van der Waals surface area contributed by atoms with Gasteiger partial charge in [-0.1, -0.05) is 12.1 Å². The lowest BCUT2D eigenvalue weighted by Crippen LogP contribution is -2.37. The van der Waals surface area contributed by atoms with Crippen molar-refractivity contribution in [3.05, 3.63) is 29.3 Å². The second-order valence-corrected chi connectivity index (χ2v) is 5.11. The molecule has 5 N–H and O–H groups in total. The molecule has 0 fully saturated rings. The van der Waals surface area contributed by atoms with Crippen LogP contribution in [0.3, 0.4) is 0 Å². The number of fused-ring (bicyclic) bond motifs is 1. The molecular formula is C13H17N3O4S. The molecule has 1 aromatic carbocycles. The van der Waals surface area contributed by atoms with Gasteiger partial charge in [0.1, 0.15) is 11.7 Å². The van der Waals surface area contributed by atoms with Gasteiger partial charge in [-0.15, -0.1) is 12.6 Å². The van der Waals surface area contributed by atoms with Gasteiger partial charge in [-0.25, -0.2) is 0 Å². The molecule has 8 heteroatoms. The second kappa shape index (κ2) is 6.79. The van der Waals surface area contributed by atoms with Gasteiger partial charge in [-0.05, 0) is 18.1 Å². The Morgan fingerprint density at radius 2 is 2.29 bits per heavy atom. The average molecular weight is 311 g/mol. The molecule has 0 bridgehead atoms. The normalized spacial score (nSPS) is 20.9. The maximum atomic E-state index is 11.0. The first kappa shape index (κ1) is 15.6. The van der Waals surface area contributed by atoms with Gasteiger partial charge in [0.25, 0.3) is 0 Å². The largest absolute Gasteiger partial charge is 0.371 e. The number of thiol groups is 1. The van der Waals surface area contributed by atoms with Crippen LogP contribution in [-0.4, -0.2) is 36.3 Å². The molecule has 0 radical (unpaired) electrons. The zero-order chi connectivity index (χ0) is 15.4. The van der Waals surface area contributed by atoms with Crippen LogP contribution in [0.15, 0.2) is 18.2 Å². The summed E-state index contributed by atoms with van der Waals surface area (Å²) >= 11 is 4.34. The van der Waals surface area contributed by atoms with Crippen LogP contribution in [0.4, 0.5) is 5.69 Å². The van der Waals surface area contributed by atoms with Crippen molar-refractivity contribution in [2.75, 3.05) is 18.5 Å². The van der Waals surface area contributed by atoms with E-state index in [4.69, 9.17) is 10.5 Å². The molecule has 0 aromatic heterocycles. The number of amides is 2. The van der Waals surface area contributed by atoms with Crippen molar-refractivity contribution in [3.8, 4) is 0 Å². The number of rotatable bonds is 3. The number of anilines is 1. The number of hydrogen-bond acceptors (Lipinski definition) is 6. The standard InChI is InChI=1S/C13H17N3O4S/c14-11(18)12(19)15-4-3-7-1-2-9-8(5-7)13(21)20-6-10(17)16-9/h1-2,5,10,13,16-17,21H,3-4,6H2,(H2,14,18)(H,15,19)/t10-,13?/m1/s1. The number of aliphatic hydroxyl groups excluding tert-OH is 1. The lowest BCUT2D eigenvalue weighted by atomic mass is 10.1.